The van der Waals surface area contributed by atoms with E-state index in [0.717, 1.165) is 36.5 Å². The van der Waals surface area contributed by atoms with Gasteiger partial charge in [-0.1, -0.05) is 30.4 Å². The molecule has 110 valence electrons. The Kier molecular flexibility index (Phi) is 4.33. The number of aryl methyl sites for hydroxylation is 1. The molecule has 1 nitrogen and oxygen atoms in total. The lowest BCUT2D eigenvalue weighted by molar-refractivity contribution is 0.618. The van der Waals surface area contributed by atoms with E-state index >= 15 is 0 Å². The summed E-state index contributed by atoms with van der Waals surface area (Å²) in [5.74, 6) is 0.622. The molecular weight excluding hydrogens is 261 g/mol. The third kappa shape index (κ3) is 3.90. The molecular formula is C19H22FN. The summed E-state index contributed by atoms with van der Waals surface area (Å²) in [6.45, 7) is 2.52. The van der Waals surface area contributed by atoms with Crippen molar-refractivity contribution in [2.75, 3.05) is 6.54 Å². The molecule has 0 N–H and O–H groups in total. The van der Waals surface area contributed by atoms with Crippen LogP contribution in [0.2, 0.25) is 0 Å². The van der Waals surface area contributed by atoms with E-state index in [-0.39, 0.29) is 5.82 Å². The van der Waals surface area contributed by atoms with E-state index in [1.807, 2.05) is 12.1 Å². The van der Waals surface area contributed by atoms with Gasteiger partial charge in [0.15, 0.2) is 0 Å². The van der Waals surface area contributed by atoms with Crippen LogP contribution >= 0.6 is 0 Å². The largest absolute Gasteiger partial charge is 0.284 e. The molecule has 0 atom stereocenters. The molecule has 1 aromatic carbocycles. The predicted molar refractivity (Wildman–Crippen MR) is 86.3 cm³/mol. The summed E-state index contributed by atoms with van der Waals surface area (Å²) in [6, 6.07) is 5.50. The van der Waals surface area contributed by atoms with E-state index in [1.165, 1.54) is 18.4 Å². The molecule has 0 amide bonds. The van der Waals surface area contributed by atoms with Crippen LogP contribution in [0.25, 0.3) is 0 Å². The highest BCUT2D eigenvalue weighted by Crippen LogP contribution is 2.34. The summed E-state index contributed by atoms with van der Waals surface area (Å²) < 4.78 is 13.8. The molecule has 0 heterocycles. The smallest absolute Gasteiger partial charge is 0.126 e. The molecule has 3 rings (SSSR count). The summed E-state index contributed by atoms with van der Waals surface area (Å²) in [6.07, 6.45) is 12.4. The second kappa shape index (κ2) is 6.38. The summed E-state index contributed by atoms with van der Waals surface area (Å²) in [5, 5.41) is 0. The van der Waals surface area contributed by atoms with Gasteiger partial charge in [0.05, 0.1) is 6.54 Å². The molecule has 1 saturated carbocycles. The lowest BCUT2D eigenvalue weighted by Crippen LogP contribution is -2.05. The van der Waals surface area contributed by atoms with Crippen molar-refractivity contribution in [3.05, 3.63) is 58.9 Å². The topological polar surface area (TPSA) is 12.4 Å². The number of allylic oxidation sites excluding steroid dienone is 2. The second-order valence-electron chi connectivity index (χ2n) is 6.13. The van der Waals surface area contributed by atoms with Crippen LogP contribution in [0.15, 0.2) is 47.0 Å². The molecule has 0 bridgehead atoms. The minimum Gasteiger partial charge on any atom is -0.284 e. The van der Waals surface area contributed by atoms with Gasteiger partial charge in [-0.3, -0.25) is 4.99 Å². The number of hydrogen-bond acceptors (Lipinski definition) is 1. The highest BCUT2D eigenvalue weighted by molar-refractivity contribution is 6.01. The van der Waals surface area contributed by atoms with E-state index in [9.17, 15) is 4.39 Å². The summed E-state index contributed by atoms with van der Waals surface area (Å²) in [7, 11) is 0. The molecule has 0 radical (unpaired) electrons. The van der Waals surface area contributed by atoms with Crippen LogP contribution in [-0.4, -0.2) is 12.3 Å². The monoisotopic (exact) mass is 283 g/mol. The zero-order valence-electron chi connectivity index (χ0n) is 12.6. The van der Waals surface area contributed by atoms with E-state index in [2.05, 4.69) is 18.2 Å². The summed E-state index contributed by atoms with van der Waals surface area (Å²) >= 11 is 0. The molecule has 0 aliphatic heterocycles. The Labute approximate surface area is 126 Å². The van der Waals surface area contributed by atoms with E-state index in [4.69, 9.17) is 4.99 Å². The highest BCUT2D eigenvalue weighted by atomic mass is 19.1. The lowest BCUT2D eigenvalue weighted by Gasteiger charge is -2.09. The van der Waals surface area contributed by atoms with Crippen molar-refractivity contribution in [1.82, 2.24) is 0 Å². The zero-order valence-corrected chi connectivity index (χ0v) is 12.6. The summed E-state index contributed by atoms with van der Waals surface area (Å²) in [5.41, 5.74) is 3.99. The molecule has 2 heteroatoms. The summed E-state index contributed by atoms with van der Waals surface area (Å²) in [4.78, 5) is 4.80. The van der Waals surface area contributed by atoms with Crippen LogP contribution in [0.1, 0.15) is 43.2 Å². The van der Waals surface area contributed by atoms with Gasteiger partial charge in [-0.25, -0.2) is 4.39 Å². The Hall–Kier alpha value is -1.70. The number of halogens is 1. The standard InChI is InChI=1S/C19H22FN/c1-14-7-10-17(12-18(14)20)19(11-15-8-9-15)21-13-16-5-3-2-4-6-16/h3,5-7,10,12,15H,2,4,8-9,11,13H2,1H3. The molecule has 0 saturated heterocycles. The van der Waals surface area contributed by atoms with Gasteiger partial charge >= 0.3 is 0 Å². The third-order valence-corrected chi connectivity index (χ3v) is 4.21. The van der Waals surface area contributed by atoms with Crippen molar-refractivity contribution >= 4 is 5.71 Å². The van der Waals surface area contributed by atoms with Crippen LogP contribution in [0, 0.1) is 18.7 Å². The van der Waals surface area contributed by atoms with E-state index < -0.39 is 0 Å². The molecule has 2 aliphatic rings. The zero-order chi connectivity index (χ0) is 14.7. The Morgan fingerprint density at radius 2 is 2.14 bits per heavy atom. The number of nitrogens with zero attached hydrogens (tertiary/aromatic N) is 1. The predicted octanol–water partition coefficient (Wildman–Crippen LogP) is 5.00. The first-order valence-electron chi connectivity index (χ1n) is 7.88. The Morgan fingerprint density at radius 3 is 2.81 bits per heavy atom. The van der Waals surface area contributed by atoms with Crippen LogP contribution < -0.4 is 0 Å². The average molecular weight is 283 g/mol. The third-order valence-electron chi connectivity index (χ3n) is 4.21. The highest BCUT2D eigenvalue weighted by Gasteiger charge is 2.24. The quantitative estimate of drug-likeness (QED) is 0.674. The maximum Gasteiger partial charge on any atom is 0.126 e. The van der Waals surface area contributed by atoms with Gasteiger partial charge in [-0.15, -0.1) is 0 Å². The second-order valence-corrected chi connectivity index (χ2v) is 6.13. The van der Waals surface area contributed by atoms with Gasteiger partial charge in [0.2, 0.25) is 0 Å². The Balaban J connectivity index is 1.80. The van der Waals surface area contributed by atoms with Crippen LogP contribution in [0.5, 0.6) is 0 Å². The van der Waals surface area contributed by atoms with Crippen molar-refractivity contribution in [1.29, 1.82) is 0 Å². The molecule has 0 unspecified atom stereocenters. The first-order chi connectivity index (χ1) is 10.2. The number of benzene rings is 1. The average Bonchev–Trinajstić information content (AvgIpc) is 3.31. The van der Waals surface area contributed by atoms with Gasteiger partial charge < -0.3 is 0 Å². The number of rotatable bonds is 5. The van der Waals surface area contributed by atoms with Gasteiger partial charge in [0.1, 0.15) is 5.82 Å². The van der Waals surface area contributed by atoms with Crippen molar-refractivity contribution in [3.8, 4) is 0 Å². The first kappa shape index (κ1) is 14.2. The van der Waals surface area contributed by atoms with Crippen molar-refractivity contribution in [2.45, 2.75) is 39.0 Å². The first-order valence-corrected chi connectivity index (χ1v) is 7.88. The minimum absolute atomic E-state index is 0.132. The van der Waals surface area contributed by atoms with Crippen LogP contribution in [-0.2, 0) is 0 Å². The van der Waals surface area contributed by atoms with Crippen LogP contribution in [0.4, 0.5) is 4.39 Å². The number of hydrogen-bond donors (Lipinski definition) is 0. The maximum absolute atomic E-state index is 13.8. The van der Waals surface area contributed by atoms with Gasteiger partial charge in [0, 0.05) is 5.71 Å². The Morgan fingerprint density at radius 1 is 1.29 bits per heavy atom. The molecule has 2 aliphatic carbocycles. The minimum atomic E-state index is -0.132. The fourth-order valence-corrected chi connectivity index (χ4v) is 2.61. The molecule has 0 aromatic heterocycles. The molecule has 1 aromatic rings. The molecule has 1 fully saturated rings. The van der Waals surface area contributed by atoms with Crippen molar-refractivity contribution < 1.29 is 4.39 Å². The van der Waals surface area contributed by atoms with Crippen molar-refractivity contribution in [3.63, 3.8) is 0 Å². The van der Waals surface area contributed by atoms with Crippen LogP contribution in [0.3, 0.4) is 0 Å². The lowest BCUT2D eigenvalue weighted by atomic mass is 10.0. The fourth-order valence-electron chi connectivity index (χ4n) is 2.61. The SMILES string of the molecule is Cc1ccc(C(CC2CC2)=NCC2=CCCC=C2)cc1F. The molecule has 21 heavy (non-hydrogen) atoms. The van der Waals surface area contributed by atoms with Gasteiger partial charge in [-0.05, 0) is 67.7 Å². The fraction of sp³-hybridized carbons (Fsp3) is 0.421. The Bertz CT molecular complexity index is 606. The molecule has 0 spiro atoms. The normalized spacial score (nSPS) is 18.8. The van der Waals surface area contributed by atoms with Gasteiger partial charge in [-0.2, -0.15) is 0 Å². The van der Waals surface area contributed by atoms with E-state index in [1.54, 1.807) is 13.0 Å². The van der Waals surface area contributed by atoms with Gasteiger partial charge in [0.25, 0.3) is 0 Å². The maximum atomic E-state index is 13.8. The van der Waals surface area contributed by atoms with Crippen molar-refractivity contribution in [2.24, 2.45) is 10.9 Å². The number of aliphatic imine (C=N–C) groups is 1. The van der Waals surface area contributed by atoms with E-state index in [0.29, 0.717) is 12.1 Å².